The topological polar surface area (TPSA) is 63.2 Å². The summed E-state index contributed by atoms with van der Waals surface area (Å²) in [5, 5.41) is 9.25. The first kappa shape index (κ1) is 16.4. The lowest BCUT2D eigenvalue weighted by atomic mass is 9.79. The fraction of sp³-hybridized carbons (Fsp3) is 0.733. The molecular weight excluding hydrogens is 286 g/mol. The number of carbonyl (C=O) groups is 1. The summed E-state index contributed by atoms with van der Waals surface area (Å²) in [5.41, 5.74) is 0.581. The van der Waals surface area contributed by atoms with Crippen molar-refractivity contribution >= 4 is 17.2 Å². The van der Waals surface area contributed by atoms with Gasteiger partial charge in [0.25, 0.3) is 5.91 Å². The Bertz CT molecular complexity index is 462. The SMILES string of the molecule is COCC1(CNC(=O)c2csc(C(C)C)n2)CCNCC1. The molecule has 21 heavy (non-hydrogen) atoms. The number of amides is 1. The van der Waals surface area contributed by atoms with Crippen molar-refractivity contribution in [1.82, 2.24) is 15.6 Å². The monoisotopic (exact) mass is 311 g/mol. The fourth-order valence-corrected chi connectivity index (χ4v) is 3.47. The van der Waals surface area contributed by atoms with Crippen LogP contribution in [0.25, 0.3) is 0 Å². The minimum absolute atomic E-state index is 0.0482. The maximum atomic E-state index is 12.2. The number of nitrogens with zero attached hydrogens (tertiary/aromatic N) is 1. The van der Waals surface area contributed by atoms with E-state index in [1.54, 1.807) is 18.4 Å². The molecule has 0 aromatic carbocycles. The van der Waals surface area contributed by atoms with Crippen molar-refractivity contribution < 1.29 is 9.53 Å². The van der Waals surface area contributed by atoms with Crippen LogP contribution >= 0.6 is 11.3 Å². The Morgan fingerprint density at radius 2 is 2.24 bits per heavy atom. The van der Waals surface area contributed by atoms with Gasteiger partial charge in [0, 0.05) is 30.4 Å². The Balaban J connectivity index is 1.94. The molecular formula is C15H25N3O2S. The zero-order chi connectivity index (χ0) is 15.3. The summed E-state index contributed by atoms with van der Waals surface area (Å²) in [6.07, 6.45) is 2.05. The van der Waals surface area contributed by atoms with E-state index < -0.39 is 0 Å². The maximum absolute atomic E-state index is 12.2. The van der Waals surface area contributed by atoms with Gasteiger partial charge < -0.3 is 15.4 Å². The lowest BCUT2D eigenvalue weighted by Gasteiger charge is -2.37. The molecule has 1 aliphatic rings. The number of rotatable bonds is 6. The number of ether oxygens (including phenoxy) is 1. The molecule has 2 rings (SSSR count). The average molecular weight is 311 g/mol. The summed E-state index contributed by atoms with van der Waals surface area (Å²) >= 11 is 1.55. The molecule has 1 aromatic heterocycles. The van der Waals surface area contributed by atoms with Crippen molar-refractivity contribution in [3.05, 3.63) is 16.1 Å². The fourth-order valence-electron chi connectivity index (χ4n) is 2.65. The smallest absolute Gasteiger partial charge is 0.270 e. The highest BCUT2D eigenvalue weighted by molar-refractivity contribution is 7.09. The van der Waals surface area contributed by atoms with Crippen molar-refractivity contribution in [1.29, 1.82) is 0 Å². The summed E-state index contributed by atoms with van der Waals surface area (Å²) in [6.45, 7) is 7.46. The van der Waals surface area contributed by atoms with Crippen LogP contribution in [0.3, 0.4) is 0 Å². The summed E-state index contributed by atoms with van der Waals surface area (Å²) in [4.78, 5) is 16.7. The predicted octanol–water partition coefficient (Wildman–Crippen LogP) is 2.01. The van der Waals surface area contributed by atoms with Crippen molar-refractivity contribution in [2.24, 2.45) is 5.41 Å². The first-order chi connectivity index (χ1) is 10.1. The normalized spacial score (nSPS) is 17.9. The van der Waals surface area contributed by atoms with Gasteiger partial charge in [0.1, 0.15) is 5.69 Å². The van der Waals surface area contributed by atoms with E-state index in [-0.39, 0.29) is 11.3 Å². The van der Waals surface area contributed by atoms with Crippen LogP contribution in [0.2, 0.25) is 0 Å². The number of piperidine rings is 1. The van der Waals surface area contributed by atoms with Crippen molar-refractivity contribution in [2.45, 2.75) is 32.6 Å². The standard InChI is InChI=1S/C15H25N3O2S/c1-11(2)14-18-12(8-21-14)13(19)17-9-15(10-20-3)4-6-16-7-5-15/h8,11,16H,4-7,9-10H2,1-3H3,(H,17,19). The Hall–Kier alpha value is -0.980. The Morgan fingerprint density at radius 1 is 1.52 bits per heavy atom. The minimum atomic E-state index is -0.0767. The third-order valence-corrected chi connectivity index (χ3v) is 5.13. The quantitative estimate of drug-likeness (QED) is 0.843. The summed E-state index contributed by atoms with van der Waals surface area (Å²) in [5.74, 6) is 0.285. The molecule has 1 saturated heterocycles. The molecule has 5 nitrogen and oxygen atoms in total. The van der Waals surface area contributed by atoms with E-state index in [0.717, 1.165) is 30.9 Å². The molecule has 1 aromatic rings. The second-order valence-electron chi connectivity index (χ2n) is 6.09. The van der Waals surface area contributed by atoms with Gasteiger partial charge in [-0.05, 0) is 25.9 Å². The van der Waals surface area contributed by atoms with E-state index in [2.05, 4.69) is 29.5 Å². The van der Waals surface area contributed by atoms with Crippen LogP contribution in [0, 0.1) is 5.41 Å². The number of thiazole rings is 1. The molecule has 0 radical (unpaired) electrons. The first-order valence-corrected chi connectivity index (χ1v) is 8.37. The molecule has 1 aliphatic heterocycles. The molecule has 6 heteroatoms. The third kappa shape index (κ3) is 4.25. The van der Waals surface area contributed by atoms with Gasteiger partial charge in [0.2, 0.25) is 0 Å². The number of hydrogen-bond donors (Lipinski definition) is 2. The van der Waals surface area contributed by atoms with Gasteiger partial charge in [0.05, 0.1) is 11.6 Å². The molecule has 0 aliphatic carbocycles. The predicted molar refractivity (Wildman–Crippen MR) is 84.9 cm³/mol. The minimum Gasteiger partial charge on any atom is -0.384 e. The number of nitrogens with one attached hydrogen (secondary N) is 2. The molecule has 0 saturated carbocycles. The number of hydrogen-bond acceptors (Lipinski definition) is 5. The van der Waals surface area contributed by atoms with E-state index in [1.807, 2.05) is 5.38 Å². The maximum Gasteiger partial charge on any atom is 0.270 e. The van der Waals surface area contributed by atoms with Gasteiger partial charge in [-0.2, -0.15) is 0 Å². The molecule has 2 N–H and O–H groups in total. The average Bonchev–Trinajstić information content (AvgIpc) is 2.96. The van der Waals surface area contributed by atoms with Crippen LogP contribution in [0.1, 0.15) is 48.1 Å². The molecule has 0 atom stereocenters. The van der Waals surface area contributed by atoms with E-state index >= 15 is 0 Å². The second-order valence-corrected chi connectivity index (χ2v) is 6.98. The zero-order valence-corrected chi connectivity index (χ0v) is 13.9. The number of methoxy groups -OCH3 is 1. The van der Waals surface area contributed by atoms with Crippen LogP contribution in [0.4, 0.5) is 0 Å². The van der Waals surface area contributed by atoms with E-state index in [9.17, 15) is 4.79 Å². The molecule has 1 fully saturated rings. The Kier molecular flexibility index (Phi) is 5.72. The van der Waals surface area contributed by atoms with Crippen LogP contribution < -0.4 is 10.6 Å². The Morgan fingerprint density at radius 3 is 2.81 bits per heavy atom. The van der Waals surface area contributed by atoms with Gasteiger partial charge >= 0.3 is 0 Å². The first-order valence-electron chi connectivity index (χ1n) is 7.50. The number of carbonyl (C=O) groups excluding carboxylic acids is 1. The number of aromatic nitrogens is 1. The lowest BCUT2D eigenvalue weighted by Crippen LogP contribution is -2.47. The molecule has 0 spiro atoms. The highest BCUT2D eigenvalue weighted by Crippen LogP contribution is 2.28. The van der Waals surface area contributed by atoms with E-state index in [4.69, 9.17) is 4.74 Å². The zero-order valence-electron chi connectivity index (χ0n) is 13.1. The molecule has 118 valence electrons. The second kappa shape index (κ2) is 7.33. The van der Waals surface area contributed by atoms with Gasteiger partial charge in [-0.15, -0.1) is 11.3 Å². The van der Waals surface area contributed by atoms with Crippen LogP contribution in [-0.2, 0) is 4.74 Å². The van der Waals surface area contributed by atoms with E-state index in [0.29, 0.717) is 24.8 Å². The summed E-state index contributed by atoms with van der Waals surface area (Å²) in [6, 6.07) is 0. The van der Waals surface area contributed by atoms with Crippen LogP contribution in [0.15, 0.2) is 5.38 Å². The summed E-state index contributed by atoms with van der Waals surface area (Å²) in [7, 11) is 1.72. The Labute approximate surface area is 130 Å². The molecule has 0 unspecified atom stereocenters. The molecule has 2 heterocycles. The van der Waals surface area contributed by atoms with Crippen molar-refractivity contribution in [3.63, 3.8) is 0 Å². The van der Waals surface area contributed by atoms with Gasteiger partial charge in [-0.25, -0.2) is 4.98 Å². The molecule has 1 amide bonds. The van der Waals surface area contributed by atoms with E-state index in [1.165, 1.54) is 0 Å². The third-order valence-electron chi connectivity index (χ3n) is 3.99. The lowest BCUT2D eigenvalue weighted by molar-refractivity contribution is 0.0511. The highest BCUT2D eigenvalue weighted by Gasteiger charge is 2.32. The van der Waals surface area contributed by atoms with Crippen LogP contribution in [0.5, 0.6) is 0 Å². The van der Waals surface area contributed by atoms with Crippen molar-refractivity contribution in [2.75, 3.05) is 33.4 Å². The van der Waals surface area contributed by atoms with Crippen LogP contribution in [-0.4, -0.2) is 44.2 Å². The largest absolute Gasteiger partial charge is 0.384 e. The van der Waals surface area contributed by atoms with Gasteiger partial charge in [0.15, 0.2) is 0 Å². The summed E-state index contributed by atoms with van der Waals surface area (Å²) < 4.78 is 5.37. The van der Waals surface area contributed by atoms with Crippen molar-refractivity contribution in [3.8, 4) is 0 Å². The van der Waals surface area contributed by atoms with Gasteiger partial charge in [-0.1, -0.05) is 13.8 Å². The molecule has 0 bridgehead atoms. The highest BCUT2D eigenvalue weighted by atomic mass is 32.1. The van der Waals surface area contributed by atoms with Gasteiger partial charge in [-0.3, -0.25) is 4.79 Å².